The molecule has 2 aromatic carbocycles. The summed E-state index contributed by atoms with van der Waals surface area (Å²) in [4.78, 5) is 4.41. The van der Waals surface area contributed by atoms with Crippen molar-refractivity contribution in [2.45, 2.75) is 5.88 Å². The Bertz CT molecular complexity index is 801. The Morgan fingerprint density at radius 1 is 1.10 bits per heavy atom. The molecule has 3 aromatic rings. The summed E-state index contributed by atoms with van der Waals surface area (Å²) < 4.78 is 29.1. The summed E-state index contributed by atoms with van der Waals surface area (Å²) in [6, 6.07) is 9.28. The minimum absolute atomic E-state index is 0.172. The van der Waals surface area contributed by atoms with Crippen molar-refractivity contribution in [1.29, 1.82) is 0 Å². The third kappa shape index (κ3) is 2.21. The molecule has 20 heavy (non-hydrogen) atoms. The van der Waals surface area contributed by atoms with Gasteiger partial charge in [0.2, 0.25) is 0 Å². The number of nitrogens with zero attached hydrogens (tertiary/aromatic N) is 2. The average molecular weight is 358 g/mol. The fourth-order valence-electron chi connectivity index (χ4n) is 2.11. The maximum atomic E-state index is 13.4. The molecule has 0 spiro atoms. The van der Waals surface area contributed by atoms with Crippen molar-refractivity contribution in [3.05, 3.63) is 58.3 Å². The Morgan fingerprint density at radius 3 is 2.60 bits per heavy atom. The normalized spacial score (nSPS) is 11.2. The zero-order valence-corrected chi connectivity index (χ0v) is 12.4. The topological polar surface area (TPSA) is 17.8 Å². The first-order valence-electron chi connectivity index (χ1n) is 5.78. The first kappa shape index (κ1) is 13.5. The number of imidazole rings is 1. The van der Waals surface area contributed by atoms with Crippen LogP contribution in [0.4, 0.5) is 8.78 Å². The van der Waals surface area contributed by atoms with Crippen molar-refractivity contribution in [3.8, 4) is 5.69 Å². The van der Waals surface area contributed by atoms with Crippen molar-refractivity contribution in [3.63, 3.8) is 0 Å². The van der Waals surface area contributed by atoms with Gasteiger partial charge < -0.3 is 0 Å². The summed E-state index contributed by atoms with van der Waals surface area (Å²) in [5.74, 6) is -1.04. The van der Waals surface area contributed by atoms with Crippen molar-refractivity contribution >= 4 is 38.6 Å². The van der Waals surface area contributed by atoms with Crippen molar-refractivity contribution in [2.75, 3.05) is 0 Å². The van der Waals surface area contributed by atoms with E-state index < -0.39 is 11.6 Å². The van der Waals surface area contributed by atoms with Gasteiger partial charge in [-0.15, -0.1) is 11.6 Å². The summed E-state index contributed by atoms with van der Waals surface area (Å²) in [5.41, 5.74) is 2.01. The Hall–Kier alpha value is -1.46. The maximum absolute atomic E-state index is 13.4. The second kappa shape index (κ2) is 5.14. The fraction of sp³-hybridized carbons (Fsp3) is 0.0714. The van der Waals surface area contributed by atoms with Crippen LogP contribution in [0.3, 0.4) is 0 Å². The Balaban J connectivity index is 2.30. The smallest absolute Gasteiger partial charge is 0.160 e. The lowest BCUT2D eigenvalue weighted by molar-refractivity contribution is 0.508. The third-order valence-electron chi connectivity index (χ3n) is 2.97. The average Bonchev–Trinajstić information content (AvgIpc) is 2.79. The number of halogens is 4. The summed E-state index contributed by atoms with van der Waals surface area (Å²) in [7, 11) is 0. The highest BCUT2D eigenvalue weighted by Gasteiger charge is 2.13. The van der Waals surface area contributed by atoms with Gasteiger partial charge in [0.05, 0.1) is 22.6 Å². The van der Waals surface area contributed by atoms with Gasteiger partial charge in [0.15, 0.2) is 11.6 Å². The van der Waals surface area contributed by atoms with Crippen LogP contribution in [0.15, 0.2) is 40.9 Å². The molecular weight excluding hydrogens is 350 g/mol. The molecule has 1 aromatic heterocycles. The molecule has 1 heterocycles. The summed E-state index contributed by atoms with van der Waals surface area (Å²) in [6.45, 7) is 0. The van der Waals surface area contributed by atoms with E-state index in [1.807, 2.05) is 18.2 Å². The number of hydrogen-bond acceptors (Lipinski definition) is 1. The van der Waals surface area contributed by atoms with E-state index in [1.54, 1.807) is 4.57 Å². The summed E-state index contributed by atoms with van der Waals surface area (Å²) >= 11 is 9.28. The second-order valence-corrected chi connectivity index (χ2v) is 5.41. The van der Waals surface area contributed by atoms with E-state index in [9.17, 15) is 8.78 Å². The number of rotatable bonds is 2. The highest BCUT2D eigenvalue weighted by atomic mass is 79.9. The molecule has 0 bridgehead atoms. The predicted molar refractivity (Wildman–Crippen MR) is 78.2 cm³/mol. The molecule has 0 fully saturated rings. The standard InChI is InChI=1S/C14H8BrClF2N2/c15-8-1-4-13-12(5-8)19-14(7-16)20(13)9-2-3-10(17)11(18)6-9/h1-6H,7H2. The van der Waals surface area contributed by atoms with Crippen LogP contribution in [0.25, 0.3) is 16.7 Å². The van der Waals surface area contributed by atoms with Crippen molar-refractivity contribution in [1.82, 2.24) is 9.55 Å². The van der Waals surface area contributed by atoms with E-state index in [2.05, 4.69) is 20.9 Å². The van der Waals surface area contributed by atoms with Crippen LogP contribution in [0.5, 0.6) is 0 Å². The van der Waals surface area contributed by atoms with Crippen LogP contribution in [-0.4, -0.2) is 9.55 Å². The fourth-order valence-corrected chi connectivity index (χ4v) is 2.63. The van der Waals surface area contributed by atoms with Crippen LogP contribution in [-0.2, 0) is 5.88 Å². The van der Waals surface area contributed by atoms with E-state index in [0.29, 0.717) is 11.5 Å². The molecule has 0 N–H and O–H groups in total. The number of hydrogen-bond donors (Lipinski definition) is 0. The summed E-state index contributed by atoms with van der Waals surface area (Å²) in [6.07, 6.45) is 0. The lowest BCUT2D eigenvalue weighted by Gasteiger charge is -2.08. The molecule has 0 radical (unpaired) electrons. The minimum Gasteiger partial charge on any atom is -0.295 e. The monoisotopic (exact) mass is 356 g/mol. The number of fused-ring (bicyclic) bond motifs is 1. The van der Waals surface area contributed by atoms with Gasteiger partial charge in [0.25, 0.3) is 0 Å². The van der Waals surface area contributed by atoms with Gasteiger partial charge in [-0.2, -0.15) is 0 Å². The van der Waals surface area contributed by atoms with E-state index in [1.165, 1.54) is 6.07 Å². The molecular formula is C14H8BrClF2N2. The molecule has 3 rings (SSSR count). The number of aromatic nitrogens is 2. The molecule has 0 aliphatic heterocycles. The first-order chi connectivity index (χ1) is 9.60. The molecule has 102 valence electrons. The van der Waals surface area contributed by atoms with Crippen LogP contribution in [0.2, 0.25) is 0 Å². The molecule has 0 aliphatic rings. The lowest BCUT2D eigenvalue weighted by Crippen LogP contribution is -2.00. The van der Waals surface area contributed by atoms with E-state index >= 15 is 0 Å². The lowest BCUT2D eigenvalue weighted by atomic mass is 10.2. The van der Waals surface area contributed by atoms with Crippen molar-refractivity contribution in [2.24, 2.45) is 0 Å². The van der Waals surface area contributed by atoms with Crippen molar-refractivity contribution < 1.29 is 8.78 Å². The molecule has 0 saturated heterocycles. The van der Waals surface area contributed by atoms with E-state index in [-0.39, 0.29) is 5.88 Å². The van der Waals surface area contributed by atoms with Gasteiger partial charge in [-0.1, -0.05) is 15.9 Å². The van der Waals surface area contributed by atoms with Crippen LogP contribution < -0.4 is 0 Å². The van der Waals surface area contributed by atoms with Crippen LogP contribution >= 0.6 is 27.5 Å². The number of benzene rings is 2. The Morgan fingerprint density at radius 2 is 1.90 bits per heavy atom. The van der Waals surface area contributed by atoms with Gasteiger partial charge in [0.1, 0.15) is 5.82 Å². The second-order valence-electron chi connectivity index (χ2n) is 4.23. The van der Waals surface area contributed by atoms with E-state index in [0.717, 1.165) is 27.6 Å². The van der Waals surface area contributed by atoms with Gasteiger partial charge in [0, 0.05) is 10.5 Å². The molecule has 0 saturated carbocycles. The Labute approximate surface area is 127 Å². The van der Waals surface area contributed by atoms with Crippen LogP contribution in [0, 0.1) is 11.6 Å². The molecule has 0 unspecified atom stereocenters. The third-order valence-corrected chi connectivity index (χ3v) is 3.70. The molecule has 0 amide bonds. The number of alkyl halides is 1. The van der Waals surface area contributed by atoms with E-state index in [4.69, 9.17) is 11.6 Å². The highest BCUT2D eigenvalue weighted by Crippen LogP contribution is 2.26. The Kier molecular flexibility index (Phi) is 3.48. The SMILES string of the molecule is Fc1ccc(-n2c(CCl)nc3cc(Br)ccc32)cc1F. The van der Waals surface area contributed by atoms with Gasteiger partial charge in [-0.05, 0) is 30.3 Å². The molecule has 6 heteroatoms. The van der Waals surface area contributed by atoms with Gasteiger partial charge >= 0.3 is 0 Å². The molecule has 2 nitrogen and oxygen atoms in total. The zero-order valence-electron chi connectivity index (χ0n) is 10.1. The van der Waals surface area contributed by atoms with Gasteiger partial charge in [-0.3, -0.25) is 4.57 Å². The molecule has 0 atom stereocenters. The predicted octanol–water partition coefficient (Wildman–Crippen LogP) is 4.81. The molecule has 0 aliphatic carbocycles. The minimum atomic E-state index is -0.901. The highest BCUT2D eigenvalue weighted by molar-refractivity contribution is 9.10. The van der Waals surface area contributed by atoms with Crippen LogP contribution in [0.1, 0.15) is 5.82 Å². The largest absolute Gasteiger partial charge is 0.295 e. The first-order valence-corrected chi connectivity index (χ1v) is 7.11. The summed E-state index contributed by atoms with van der Waals surface area (Å²) in [5, 5.41) is 0. The quantitative estimate of drug-likeness (QED) is 0.602. The van der Waals surface area contributed by atoms with Gasteiger partial charge in [-0.25, -0.2) is 13.8 Å². The maximum Gasteiger partial charge on any atom is 0.160 e. The zero-order chi connectivity index (χ0) is 14.3.